The Morgan fingerprint density at radius 1 is 1.24 bits per heavy atom. The number of carbonyl (C=O) groups excluding carboxylic acids is 1. The largest absolute Gasteiger partial charge is 0.416 e. The van der Waals surface area contributed by atoms with Crippen molar-refractivity contribution in [1.29, 1.82) is 0 Å². The van der Waals surface area contributed by atoms with Crippen LogP contribution in [0, 0.1) is 6.92 Å². The SMILES string of the molecule is CC(=O)c1cc(C)c(C(F)(F)F)cc1C(F)F. The van der Waals surface area contributed by atoms with E-state index in [9.17, 15) is 26.7 Å². The first-order valence-electron chi connectivity index (χ1n) is 4.65. The third kappa shape index (κ3) is 2.81. The van der Waals surface area contributed by atoms with Crippen molar-refractivity contribution < 1.29 is 26.7 Å². The Kier molecular flexibility index (Phi) is 3.54. The summed E-state index contributed by atoms with van der Waals surface area (Å²) in [5, 5.41) is 0. The predicted molar refractivity (Wildman–Crippen MR) is 51.1 cm³/mol. The molecule has 1 aromatic carbocycles. The molecular formula is C11H9F5O. The van der Waals surface area contributed by atoms with E-state index in [1.54, 1.807) is 0 Å². The van der Waals surface area contributed by atoms with Crippen LogP contribution in [0.4, 0.5) is 22.0 Å². The average Bonchev–Trinajstić information content (AvgIpc) is 2.14. The lowest BCUT2D eigenvalue weighted by atomic mass is 9.97. The number of carbonyl (C=O) groups is 1. The van der Waals surface area contributed by atoms with Gasteiger partial charge >= 0.3 is 6.18 Å². The number of ketones is 1. The van der Waals surface area contributed by atoms with E-state index < -0.39 is 29.5 Å². The Hall–Kier alpha value is -1.46. The minimum atomic E-state index is -4.71. The van der Waals surface area contributed by atoms with Gasteiger partial charge in [0.2, 0.25) is 0 Å². The Bertz CT molecular complexity index is 448. The van der Waals surface area contributed by atoms with Gasteiger partial charge in [0.1, 0.15) is 0 Å². The minimum Gasteiger partial charge on any atom is -0.294 e. The molecule has 17 heavy (non-hydrogen) atoms. The summed E-state index contributed by atoms with van der Waals surface area (Å²) in [5.74, 6) is -0.683. The number of hydrogen-bond acceptors (Lipinski definition) is 1. The molecule has 0 N–H and O–H groups in total. The van der Waals surface area contributed by atoms with Crippen LogP contribution in [-0.2, 0) is 6.18 Å². The van der Waals surface area contributed by atoms with Gasteiger partial charge in [0.25, 0.3) is 6.43 Å². The molecule has 0 aromatic heterocycles. The number of aryl methyl sites for hydroxylation is 1. The van der Waals surface area contributed by atoms with E-state index >= 15 is 0 Å². The van der Waals surface area contributed by atoms with Gasteiger partial charge in [-0.05, 0) is 31.5 Å². The van der Waals surface area contributed by atoms with Crippen LogP contribution < -0.4 is 0 Å². The molecule has 0 aliphatic rings. The van der Waals surface area contributed by atoms with Crippen LogP contribution in [0.15, 0.2) is 12.1 Å². The standard InChI is InChI=1S/C11H9F5O/c1-5-3-7(6(2)17)8(10(12)13)4-9(5)11(14,15)16/h3-4,10H,1-2H3. The highest BCUT2D eigenvalue weighted by Crippen LogP contribution is 2.36. The van der Waals surface area contributed by atoms with E-state index in [2.05, 4.69) is 0 Å². The monoisotopic (exact) mass is 252 g/mol. The average molecular weight is 252 g/mol. The molecule has 0 heterocycles. The number of hydrogen-bond donors (Lipinski definition) is 0. The maximum atomic E-state index is 12.6. The summed E-state index contributed by atoms with van der Waals surface area (Å²) in [7, 11) is 0. The minimum absolute atomic E-state index is 0.243. The maximum absolute atomic E-state index is 12.6. The third-order valence-corrected chi connectivity index (χ3v) is 2.32. The zero-order valence-corrected chi connectivity index (χ0v) is 9.03. The highest BCUT2D eigenvalue weighted by Gasteiger charge is 2.34. The summed E-state index contributed by atoms with van der Waals surface area (Å²) in [4.78, 5) is 11.1. The van der Waals surface area contributed by atoms with Gasteiger partial charge in [-0.2, -0.15) is 13.2 Å². The van der Waals surface area contributed by atoms with Crippen molar-refractivity contribution >= 4 is 5.78 Å². The lowest BCUT2D eigenvalue weighted by molar-refractivity contribution is -0.138. The van der Waals surface area contributed by atoms with E-state index in [-0.39, 0.29) is 11.1 Å². The van der Waals surface area contributed by atoms with Crippen molar-refractivity contribution in [2.75, 3.05) is 0 Å². The summed E-state index contributed by atoms with van der Waals surface area (Å²) < 4.78 is 62.6. The Morgan fingerprint density at radius 2 is 1.76 bits per heavy atom. The van der Waals surface area contributed by atoms with Crippen LogP contribution in [0.1, 0.15) is 40.4 Å². The van der Waals surface area contributed by atoms with Crippen molar-refractivity contribution in [1.82, 2.24) is 0 Å². The summed E-state index contributed by atoms with van der Waals surface area (Å²) >= 11 is 0. The Balaban J connectivity index is 3.51. The van der Waals surface area contributed by atoms with Crippen LogP contribution in [-0.4, -0.2) is 5.78 Å². The van der Waals surface area contributed by atoms with Gasteiger partial charge in [0.05, 0.1) is 5.56 Å². The van der Waals surface area contributed by atoms with Crippen molar-refractivity contribution in [3.05, 3.63) is 34.4 Å². The zero-order valence-electron chi connectivity index (χ0n) is 9.03. The smallest absolute Gasteiger partial charge is 0.294 e. The second-order valence-electron chi connectivity index (χ2n) is 3.61. The molecule has 0 aliphatic carbocycles. The summed E-state index contributed by atoms with van der Waals surface area (Å²) in [5.41, 5.74) is -2.63. The lowest BCUT2D eigenvalue weighted by Gasteiger charge is -2.14. The normalized spacial score (nSPS) is 12.0. The van der Waals surface area contributed by atoms with E-state index in [0.29, 0.717) is 6.07 Å². The van der Waals surface area contributed by atoms with Crippen molar-refractivity contribution in [2.45, 2.75) is 26.4 Å². The van der Waals surface area contributed by atoms with Gasteiger partial charge in [-0.1, -0.05) is 0 Å². The highest BCUT2D eigenvalue weighted by molar-refractivity contribution is 5.96. The molecule has 0 aliphatic heterocycles. The molecule has 0 saturated heterocycles. The fourth-order valence-electron chi connectivity index (χ4n) is 1.52. The number of alkyl halides is 5. The van der Waals surface area contributed by atoms with Gasteiger partial charge in [-0.25, -0.2) is 8.78 Å². The topological polar surface area (TPSA) is 17.1 Å². The summed E-state index contributed by atoms with van der Waals surface area (Å²) in [6, 6.07) is 1.20. The van der Waals surface area contributed by atoms with E-state index in [1.807, 2.05) is 0 Å². The first-order chi connectivity index (χ1) is 7.64. The number of Topliss-reactive ketones (excluding diaryl/α,β-unsaturated/α-hetero) is 1. The van der Waals surface area contributed by atoms with Gasteiger partial charge in [-0.15, -0.1) is 0 Å². The molecule has 6 heteroatoms. The van der Waals surface area contributed by atoms with Crippen LogP contribution in [0.3, 0.4) is 0 Å². The van der Waals surface area contributed by atoms with Crippen molar-refractivity contribution in [3.63, 3.8) is 0 Å². The number of halogens is 5. The molecule has 1 nitrogen and oxygen atoms in total. The first kappa shape index (κ1) is 13.6. The summed E-state index contributed by atoms with van der Waals surface area (Å²) in [6.45, 7) is 2.17. The van der Waals surface area contributed by atoms with Gasteiger partial charge < -0.3 is 0 Å². The van der Waals surface area contributed by atoms with Gasteiger partial charge in [0, 0.05) is 11.1 Å². The molecule has 1 aromatic rings. The Labute approximate surface area is 94.2 Å². The molecule has 94 valence electrons. The van der Waals surface area contributed by atoms with Gasteiger partial charge in [0.15, 0.2) is 5.78 Å². The summed E-state index contributed by atoms with van der Waals surface area (Å²) in [6.07, 6.45) is -7.82. The maximum Gasteiger partial charge on any atom is 0.416 e. The number of benzene rings is 1. The molecule has 1 rings (SSSR count). The lowest BCUT2D eigenvalue weighted by Crippen LogP contribution is -2.11. The third-order valence-electron chi connectivity index (χ3n) is 2.32. The van der Waals surface area contributed by atoms with Crippen LogP contribution in [0.25, 0.3) is 0 Å². The molecule has 0 bridgehead atoms. The predicted octanol–water partition coefficient (Wildman–Crippen LogP) is 4.15. The molecule has 0 radical (unpaired) electrons. The molecule has 0 unspecified atom stereocenters. The first-order valence-corrected chi connectivity index (χ1v) is 4.65. The fraction of sp³-hybridized carbons (Fsp3) is 0.364. The molecule has 0 spiro atoms. The van der Waals surface area contributed by atoms with Crippen LogP contribution >= 0.6 is 0 Å². The molecular weight excluding hydrogens is 243 g/mol. The quantitative estimate of drug-likeness (QED) is 0.570. The van der Waals surface area contributed by atoms with Crippen LogP contribution in [0.2, 0.25) is 0 Å². The van der Waals surface area contributed by atoms with Crippen molar-refractivity contribution in [2.24, 2.45) is 0 Å². The fourth-order valence-corrected chi connectivity index (χ4v) is 1.52. The zero-order chi connectivity index (χ0) is 13.4. The van der Waals surface area contributed by atoms with Crippen LogP contribution in [0.5, 0.6) is 0 Å². The van der Waals surface area contributed by atoms with E-state index in [4.69, 9.17) is 0 Å². The van der Waals surface area contributed by atoms with Crippen molar-refractivity contribution in [3.8, 4) is 0 Å². The second kappa shape index (κ2) is 4.43. The molecule has 0 fully saturated rings. The molecule has 0 atom stereocenters. The van der Waals surface area contributed by atoms with E-state index in [0.717, 1.165) is 19.9 Å². The second-order valence-corrected chi connectivity index (χ2v) is 3.61. The van der Waals surface area contributed by atoms with E-state index in [1.165, 1.54) is 0 Å². The molecule has 0 amide bonds. The number of rotatable bonds is 2. The Morgan fingerprint density at radius 3 is 2.12 bits per heavy atom. The highest BCUT2D eigenvalue weighted by atomic mass is 19.4. The van der Waals surface area contributed by atoms with Gasteiger partial charge in [-0.3, -0.25) is 4.79 Å². The molecule has 0 saturated carbocycles.